The Morgan fingerprint density at radius 2 is 2.24 bits per heavy atom. The third kappa shape index (κ3) is 3.64. The first kappa shape index (κ1) is 16.0. The Kier molecular flexibility index (Phi) is 4.70. The summed E-state index contributed by atoms with van der Waals surface area (Å²) in [6.07, 6.45) is 1.80. The van der Waals surface area contributed by atoms with Crippen LogP contribution in [0.2, 0.25) is 10.0 Å². The number of ether oxygens (including phenoxy) is 1. The smallest absolute Gasteiger partial charge is 0.290 e. The number of carbonyl (C=O) groups excluding carboxylic acids is 1. The number of benzene rings is 1. The van der Waals surface area contributed by atoms with E-state index in [1.807, 2.05) is 6.92 Å². The molecule has 1 amide bonds. The molecule has 0 radical (unpaired) electrons. The van der Waals surface area contributed by atoms with E-state index < -0.39 is 22.1 Å². The van der Waals surface area contributed by atoms with Crippen LogP contribution in [0.25, 0.3) is 0 Å². The van der Waals surface area contributed by atoms with Gasteiger partial charge < -0.3 is 10.1 Å². The molecule has 1 saturated heterocycles. The first-order chi connectivity index (χ1) is 9.82. The fourth-order valence-corrected chi connectivity index (χ4v) is 2.58. The average molecular weight is 333 g/mol. The van der Waals surface area contributed by atoms with Crippen molar-refractivity contribution in [3.05, 3.63) is 37.9 Å². The molecule has 0 saturated carbocycles. The summed E-state index contributed by atoms with van der Waals surface area (Å²) in [5.74, 6) is -0.451. The first-order valence-electron chi connectivity index (χ1n) is 6.38. The number of nitrogens with zero attached hydrogens (tertiary/aromatic N) is 1. The van der Waals surface area contributed by atoms with Crippen LogP contribution < -0.4 is 5.32 Å². The topological polar surface area (TPSA) is 81.5 Å². The highest BCUT2D eigenvalue weighted by atomic mass is 35.5. The van der Waals surface area contributed by atoms with Crippen molar-refractivity contribution in [3.63, 3.8) is 0 Å². The van der Waals surface area contributed by atoms with Gasteiger partial charge in [-0.15, -0.1) is 0 Å². The zero-order valence-electron chi connectivity index (χ0n) is 11.3. The number of halogens is 2. The summed E-state index contributed by atoms with van der Waals surface area (Å²) in [6, 6.07) is 2.42. The molecule has 0 spiro atoms. The monoisotopic (exact) mass is 332 g/mol. The van der Waals surface area contributed by atoms with E-state index in [0.717, 1.165) is 18.9 Å². The highest BCUT2D eigenvalue weighted by Crippen LogP contribution is 2.33. The van der Waals surface area contributed by atoms with Gasteiger partial charge in [0.1, 0.15) is 5.02 Å². The molecule has 1 aliphatic heterocycles. The van der Waals surface area contributed by atoms with Gasteiger partial charge in [-0.25, -0.2) is 0 Å². The molecule has 1 aliphatic rings. The second-order valence-electron chi connectivity index (χ2n) is 5.13. The van der Waals surface area contributed by atoms with Crippen molar-refractivity contribution < 1.29 is 14.5 Å². The second kappa shape index (κ2) is 6.17. The lowest BCUT2D eigenvalue weighted by Gasteiger charge is -2.23. The normalized spacial score (nSPS) is 21.3. The van der Waals surface area contributed by atoms with E-state index in [2.05, 4.69) is 5.32 Å². The maximum absolute atomic E-state index is 12.1. The minimum atomic E-state index is -0.674. The molecule has 1 atom stereocenters. The number of carbonyl (C=O) groups is 1. The average Bonchev–Trinajstić information content (AvgIpc) is 2.86. The maximum Gasteiger partial charge on any atom is 0.290 e. The maximum atomic E-state index is 12.1. The zero-order valence-corrected chi connectivity index (χ0v) is 12.8. The molecule has 0 bridgehead atoms. The minimum Gasteiger partial charge on any atom is -0.373 e. The molecule has 114 valence electrons. The van der Waals surface area contributed by atoms with E-state index in [1.165, 1.54) is 6.07 Å². The SMILES string of the molecule is CC1(CNC(=O)c2cc(Cl)c(Cl)c([N+](=O)[O-])c2)CCCO1. The molecule has 1 N–H and O–H groups in total. The van der Waals surface area contributed by atoms with E-state index in [9.17, 15) is 14.9 Å². The molecule has 1 unspecified atom stereocenters. The minimum absolute atomic E-state index is 0.0284. The fraction of sp³-hybridized carbons (Fsp3) is 0.462. The van der Waals surface area contributed by atoms with Crippen molar-refractivity contribution >= 4 is 34.8 Å². The predicted molar refractivity (Wildman–Crippen MR) is 79.0 cm³/mol. The van der Waals surface area contributed by atoms with Crippen LogP contribution in [0.15, 0.2) is 12.1 Å². The highest BCUT2D eigenvalue weighted by Gasteiger charge is 2.30. The number of nitro groups is 1. The Balaban J connectivity index is 2.14. The molecular weight excluding hydrogens is 319 g/mol. The Morgan fingerprint density at radius 3 is 2.81 bits per heavy atom. The van der Waals surface area contributed by atoms with E-state index >= 15 is 0 Å². The summed E-state index contributed by atoms with van der Waals surface area (Å²) in [6.45, 7) is 2.92. The van der Waals surface area contributed by atoms with Crippen LogP contribution in [0.5, 0.6) is 0 Å². The van der Waals surface area contributed by atoms with Crippen molar-refractivity contribution in [2.45, 2.75) is 25.4 Å². The summed E-state index contributed by atoms with van der Waals surface area (Å²) in [4.78, 5) is 22.3. The third-order valence-corrected chi connectivity index (χ3v) is 4.18. The third-order valence-electron chi connectivity index (χ3n) is 3.39. The second-order valence-corrected chi connectivity index (χ2v) is 5.92. The lowest BCUT2D eigenvalue weighted by Crippen LogP contribution is -2.40. The van der Waals surface area contributed by atoms with Gasteiger partial charge in [0.2, 0.25) is 0 Å². The summed E-state index contributed by atoms with van der Waals surface area (Å²) in [5, 5.41) is 13.4. The highest BCUT2D eigenvalue weighted by molar-refractivity contribution is 6.43. The molecule has 0 aliphatic carbocycles. The van der Waals surface area contributed by atoms with Crippen LogP contribution in [0.1, 0.15) is 30.1 Å². The van der Waals surface area contributed by atoms with Crippen molar-refractivity contribution in [2.75, 3.05) is 13.2 Å². The van der Waals surface area contributed by atoms with Crippen molar-refractivity contribution in [3.8, 4) is 0 Å². The quantitative estimate of drug-likeness (QED) is 0.678. The number of nitro benzene ring substituents is 1. The first-order valence-corrected chi connectivity index (χ1v) is 7.13. The molecule has 1 heterocycles. The number of amides is 1. The molecule has 8 heteroatoms. The number of hydrogen-bond donors (Lipinski definition) is 1. The van der Waals surface area contributed by atoms with E-state index in [0.29, 0.717) is 13.2 Å². The number of nitrogens with one attached hydrogen (secondary N) is 1. The zero-order chi connectivity index (χ0) is 15.6. The van der Waals surface area contributed by atoms with Gasteiger partial charge in [0, 0.05) is 24.8 Å². The number of hydrogen-bond acceptors (Lipinski definition) is 4. The molecule has 6 nitrogen and oxygen atoms in total. The Hall–Kier alpha value is -1.37. The molecule has 1 aromatic rings. The molecule has 0 aromatic heterocycles. The van der Waals surface area contributed by atoms with Crippen LogP contribution >= 0.6 is 23.2 Å². The van der Waals surface area contributed by atoms with E-state index in [-0.39, 0.29) is 15.6 Å². The van der Waals surface area contributed by atoms with E-state index in [1.54, 1.807) is 0 Å². The van der Waals surface area contributed by atoms with Gasteiger partial charge in [0.25, 0.3) is 11.6 Å². The molecule has 21 heavy (non-hydrogen) atoms. The molecule has 1 aromatic carbocycles. The van der Waals surface area contributed by atoms with Crippen LogP contribution in [0, 0.1) is 10.1 Å². The Labute approximate surface area is 131 Å². The van der Waals surface area contributed by atoms with Crippen molar-refractivity contribution in [1.29, 1.82) is 0 Å². The van der Waals surface area contributed by atoms with Crippen molar-refractivity contribution in [2.24, 2.45) is 0 Å². The lowest BCUT2D eigenvalue weighted by atomic mass is 10.0. The molecule has 1 fully saturated rings. The predicted octanol–water partition coefficient (Wildman–Crippen LogP) is 3.20. The van der Waals surface area contributed by atoms with Gasteiger partial charge in [-0.1, -0.05) is 23.2 Å². The van der Waals surface area contributed by atoms with Gasteiger partial charge in [0.15, 0.2) is 0 Å². The summed E-state index contributed by atoms with van der Waals surface area (Å²) >= 11 is 11.6. The van der Waals surface area contributed by atoms with Gasteiger partial charge >= 0.3 is 0 Å². The van der Waals surface area contributed by atoms with Crippen LogP contribution in [-0.4, -0.2) is 29.6 Å². The largest absolute Gasteiger partial charge is 0.373 e. The van der Waals surface area contributed by atoms with Crippen LogP contribution in [0.3, 0.4) is 0 Å². The Morgan fingerprint density at radius 1 is 1.52 bits per heavy atom. The van der Waals surface area contributed by atoms with Gasteiger partial charge in [-0.2, -0.15) is 0 Å². The lowest BCUT2D eigenvalue weighted by molar-refractivity contribution is -0.384. The fourth-order valence-electron chi connectivity index (χ4n) is 2.18. The van der Waals surface area contributed by atoms with Gasteiger partial charge in [-0.3, -0.25) is 14.9 Å². The Bertz CT molecular complexity index is 586. The van der Waals surface area contributed by atoms with Crippen molar-refractivity contribution in [1.82, 2.24) is 5.32 Å². The summed E-state index contributed by atoms with van der Waals surface area (Å²) in [7, 11) is 0. The molecular formula is C13H14Cl2N2O4. The van der Waals surface area contributed by atoms with Gasteiger partial charge in [-0.05, 0) is 25.8 Å². The van der Waals surface area contributed by atoms with Crippen LogP contribution in [0.4, 0.5) is 5.69 Å². The van der Waals surface area contributed by atoms with Crippen LogP contribution in [-0.2, 0) is 4.74 Å². The van der Waals surface area contributed by atoms with E-state index in [4.69, 9.17) is 27.9 Å². The summed E-state index contributed by atoms with van der Waals surface area (Å²) < 4.78 is 5.56. The summed E-state index contributed by atoms with van der Waals surface area (Å²) in [5.41, 5.74) is -0.687. The molecule has 2 rings (SSSR count). The standard InChI is InChI=1S/C13H14Cl2N2O4/c1-13(3-2-4-21-13)7-16-12(18)8-5-9(14)11(15)10(6-8)17(19)20/h5-6H,2-4,7H2,1H3,(H,16,18). The van der Waals surface area contributed by atoms with Gasteiger partial charge in [0.05, 0.1) is 15.5 Å². The number of rotatable bonds is 4.